The van der Waals surface area contributed by atoms with Gasteiger partial charge in [-0.15, -0.1) is 0 Å². The van der Waals surface area contributed by atoms with Crippen LogP contribution in [0.3, 0.4) is 0 Å². The van der Waals surface area contributed by atoms with E-state index >= 15 is 0 Å². The maximum absolute atomic E-state index is 12.8. The lowest BCUT2D eigenvalue weighted by Crippen LogP contribution is -2.28. The highest BCUT2D eigenvalue weighted by Gasteiger charge is 2.37. The summed E-state index contributed by atoms with van der Waals surface area (Å²) in [7, 11) is 1.52. The number of anilines is 1. The Morgan fingerprint density at radius 2 is 1.59 bits per heavy atom. The summed E-state index contributed by atoms with van der Waals surface area (Å²) in [4.78, 5) is 26.8. The number of carbonyl (C=O) groups is 2. The molecule has 4 rings (SSSR count). The van der Waals surface area contributed by atoms with Crippen LogP contribution in [0.1, 0.15) is 16.7 Å². The maximum Gasteiger partial charge on any atom is 0.277 e. The van der Waals surface area contributed by atoms with E-state index in [1.807, 2.05) is 74.5 Å². The zero-order valence-corrected chi connectivity index (χ0v) is 15.5. The smallest absolute Gasteiger partial charge is 0.277 e. The number of fused-ring (bicyclic) bond motifs is 1. The minimum absolute atomic E-state index is 0.283. The normalized spacial score (nSPS) is 14.4. The fraction of sp³-hybridized carbons (Fsp3) is 0.130. The van der Waals surface area contributed by atoms with E-state index in [4.69, 9.17) is 0 Å². The maximum atomic E-state index is 12.8. The molecule has 0 aromatic heterocycles. The van der Waals surface area contributed by atoms with Crippen LogP contribution in [0.25, 0.3) is 16.3 Å². The molecular formula is C23H20N2O2. The third-order valence-corrected chi connectivity index (χ3v) is 4.99. The third-order valence-electron chi connectivity index (χ3n) is 4.99. The van der Waals surface area contributed by atoms with Crippen LogP contribution < -0.4 is 5.32 Å². The van der Waals surface area contributed by atoms with Crippen molar-refractivity contribution in [1.82, 2.24) is 4.90 Å². The van der Waals surface area contributed by atoms with E-state index in [0.29, 0.717) is 11.3 Å². The fourth-order valence-corrected chi connectivity index (χ4v) is 3.57. The van der Waals surface area contributed by atoms with Crippen LogP contribution in [0.5, 0.6) is 0 Å². The monoisotopic (exact) mass is 356 g/mol. The number of nitrogens with one attached hydrogen (secondary N) is 1. The number of likely N-dealkylation sites (N-methyl/N-ethyl adjacent to an activating group) is 1. The predicted octanol–water partition coefficient (Wildman–Crippen LogP) is 4.28. The average Bonchev–Trinajstić information content (AvgIpc) is 2.86. The van der Waals surface area contributed by atoms with Crippen LogP contribution in [0, 0.1) is 13.8 Å². The van der Waals surface area contributed by atoms with Crippen LogP contribution in [0.4, 0.5) is 5.69 Å². The molecule has 0 unspecified atom stereocenters. The summed E-state index contributed by atoms with van der Waals surface area (Å²) >= 11 is 0. The molecule has 134 valence electrons. The van der Waals surface area contributed by atoms with Crippen molar-refractivity contribution >= 4 is 33.8 Å². The van der Waals surface area contributed by atoms with Crippen LogP contribution >= 0.6 is 0 Å². The Hall–Kier alpha value is -3.40. The van der Waals surface area contributed by atoms with E-state index in [9.17, 15) is 9.59 Å². The SMILES string of the molecule is Cc1ccc(C2=C(Nc3cccc4ccccc34)C(=O)N(C)C2=O)c(C)c1. The highest BCUT2D eigenvalue weighted by Crippen LogP contribution is 2.33. The summed E-state index contributed by atoms with van der Waals surface area (Å²) in [6.07, 6.45) is 0. The van der Waals surface area contributed by atoms with Crippen molar-refractivity contribution in [3.05, 3.63) is 83.1 Å². The topological polar surface area (TPSA) is 49.4 Å². The molecule has 1 N–H and O–H groups in total. The number of nitrogens with zero attached hydrogens (tertiary/aromatic N) is 1. The van der Waals surface area contributed by atoms with Crippen molar-refractivity contribution in [2.75, 3.05) is 12.4 Å². The lowest BCUT2D eigenvalue weighted by atomic mass is 9.97. The Bertz CT molecular complexity index is 1120. The molecule has 3 aromatic carbocycles. The van der Waals surface area contributed by atoms with Gasteiger partial charge >= 0.3 is 0 Å². The summed E-state index contributed by atoms with van der Waals surface area (Å²) < 4.78 is 0. The molecule has 0 saturated heterocycles. The van der Waals surface area contributed by atoms with Gasteiger partial charge in [0.15, 0.2) is 0 Å². The first-order chi connectivity index (χ1) is 13.0. The van der Waals surface area contributed by atoms with Crippen molar-refractivity contribution in [1.29, 1.82) is 0 Å². The molecular weight excluding hydrogens is 336 g/mol. The van der Waals surface area contributed by atoms with E-state index in [-0.39, 0.29) is 11.8 Å². The number of hydrogen-bond donors (Lipinski definition) is 1. The number of amides is 2. The molecule has 1 aliphatic heterocycles. The Balaban J connectivity index is 1.89. The quantitative estimate of drug-likeness (QED) is 0.713. The van der Waals surface area contributed by atoms with Gasteiger partial charge in [-0.3, -0.25) is 14.5 Å². The van der Waals surface area contributed by atoms with Crippen molar-refractivity contribution in [2.24, 2.45) is 0 Å². The fourth-order valence-electron chi connectivity index (χ4n) is 3.57. The molecule has 0 bridgehead atoms. The second kappa shape index (κ2) is 6.40. The van der Waals surface area contributed by atoms with Crippen LogP contribution in [0.15, 0.2) is 66.4 Å². The van der Waals surface area contributed by atoms with Gasteiger partial charge in [-0.05, 0) is 36.4 Å². The molecule has 0 spiro atoms. The third kappa shape index (κ3) is 2.79. The van der Waals surface area contributed by atoms with E-state index in [1.54, 1.807) is 0 Å². The number of carbonyl (C=O) groups excluding carboxylic acids is 2. The van der Waals surface area contributed by atoms with E-state index < -0.39 is 0 Å². The summed E-state index contributed by atoms with van der Waals surface area (Å²) in [5.74, 6) is -0.599. The lowest BCUT2D eigenvalue weighted by Gasteiger charge is -2.12. The Morgan fingerprint density at radius 3 is 2.37 bits per heavy atom. The first-order valence-corrected chi connectivity index (χ1v) is 8.86. The average molecular weight is 356 g/mol. The molecule has 1 aliphatic rings. The zero-order chi connectivity index (χ0) is 19.1. The van der Waals surface area contributed by atoms with Gasteiger partial charge < -0.3 is 5.32 Å². The molecule has 2 amide bonds. The number of rotatable bonds is 3. The highest BCUT2D eigenvalue weighted by atomic mass is 16.2. The van der Waals surface area contributed by atoms with Gasteiger partial charge in [0.05, 0.1) is 5.57 Å². The number of hydrogen-bond acceptors (Lipinski definition) is 3. The Kier molecular flexibility index (Phi) is 4.04. The molecule has 0 atom stereocenters. The van der Waals surface area contributed by atoms with Gasteiger partial charge in [0.2, 0.25) is 0 Å². The number of benzene rings is 3. The molecule has 0 saturated carbocycles. The van der Waals surface area contributed by atoms with E-state index in [2.05, 4.69) is 5.32 Å². The second-order valence-electron chi connectivity index (χ2n) is 6.89. The molecule has 3 aromatic rings. The first-order valence-electron chi connectivity index (χ1n) is 8.86. The highest BCUT2D eigenvalue weighted by molar-refractivity contribution is 6.36. The van der Waals surface area contributed by atoms with Crippen molar-refractivity contribution in [3.8, 4) is 0 Å². The van der Waals surface area contributed by atoms with Gasteiger partial charge in [0.25, 0.3) is 11.8 Å². The molecule has 4 nitrogen and oxygen atoms in total. The van der Waals surface area contributed by atoms with Crippen LogP contribution in [-0.4, -0.2) is 23.8 Å². The Morgan fingerprint density at radius 1 is 0.852 bits per heavy atom. The molecule has 0 radical (unpaired) electrons. The minimum Gasteiger partial charge on any atom is -0.350 e. The first kappa shape index (κ1) is 17.0. The lowest BCUT2D eigenvalue weighted by molar-refractivity contribution is -0.135. The summed E-state index contributed by atoms with van der Waals surface area (Å²) in [6.45, 7) is 3.97. The van der Waals surface area contributed by atoms with E-state index in [0.717, 1.165) is 33.2 Å². The summed E-state index contributed by atoms with van der Waals surface area (Å²) in [5, 5.41) is 5.33. The van der Waals surface area contributed by atoms with Gasteiger partial charge in [-0.1, -0.05) is 60.2 Å². The van der Waals surface area contributed by atoms with Gasteiger partial charge in [-0.25, -0.2) is 0 Å². The standard InChI is InChI=1S/C23H20N2O2/c1-14-11-12-17(15(2)13-14)20-21(23(27)25(3)22(20)26)24-19-10-6-8-16-7-4-5-9-18(16)19/h4-13,24H,1-3H3. The summed E-state index contributed by atoms with van der Waals surface area (Å²) in [6, 6.07) is 19.7. The molecule has 27 heavy (non-hydrogen) atoms. The summed E-state index contributed by atoms with van der Waals surface area (Å²) in [5.41, 5.74) is 4.43. The molecule has 1 heterocycles. The van der Waals surface area contributed by atoms with Gasteiger partial charge in [0.1, 0.15) is 5.70 Å². The van der Waals surface area contributed by atoms with Crippen molar-refractivity contribution in [3.63, 3.8) is 0 Å². The van der Waals surface area contributed by atoms with Crippen molar-refractivity contribution in [2.45, 2.75) is 13.8 Å². The predicted molar refractivity (Wildman–Crippen MR) is 108 cm³/mol. The van der Waals surface area contributed by atoms with Crippen LogP contribution in [-0.2, 0) is 9.59 Å². The van der Waals surface area contributed by atoms with Crippen molar-refractivity contribution < 1.29 is 9.59 Å². The molecule has 0 fully saturated rings. The van der Waals surface area contributed by atoms with Gasteiger partial charge in [0, 0.05) is 18.1 Å². The van der Waals surface area contributed by atoms with Crippen LogP contribution in [0.2, 0.25) is 0 Å². The van der Waals surface area contributed by atoms with E-state index in [1.165, 1.54) is 11.9 Å². The number of imide groups is 1. The molecule has 0 aliphatic carbocycles. The number of aryl methyl sites for hydroxylation is 2. The molecule has 4 heteroatoms. The Labute approximate surface area is 158 Å². The second-order valence-corrected chi connectivity index (χ2v) is 6.89. The largest absolute Gasteiger partial charge is 0.350 e. The minimum atomic E-state index is -0.317. The zero-order valence-electron chi connectivity index (χ0n) is 15.5. The van der Waals surface area contributed by atoms with Gasteiger partial charge in [-0.2, -0.15) is 0 Å².